The number of nitrogens with zero attached hydrogens (tertiary/aromatic N) is 2. The maximum absolute atomic E-state index is 6.25. The Bertz CT molecular complexity index is 624. The molecule has 0 saturated carbocycles. The van der Waals surface area contributed by atoms with Crippen molar-refractivity contribution in [2.75, 3.05) is 0 Å². The molecule has 1 aromatic heterocycles. The van der Waals surface area contributed by atoms with Crippen molar-refractivity contribution in [2.45, 2.75) is 0 Å². The molecule has 0 fully saturated rings. The van der Waals surface area contributed by atoms with Crippen LogP contribution in [0.5, 0.6) is 0 Å². The van der Waals surface area contributed by atoms with Crippen LogP contribution < -0.4 is 0 Å². The zero-order valence-corrected chi connectivity index (χ0v) is 12.0. The fourth-order valence-electron chi connectivity index (χ4n) is 1.84. The smallest absolute Gasteiger partial charge is 0.512 e. The third-order valence-electron chi connectivity index (χ3n) is 2.72. The largest absolute Gasteiger partial charge is 3.00 e. The topological polar surface area (TPSA) is 36.7 Å². The van der Waals surface area contributed by atoms with Crippen molar-refractivity contribution in [3.63, 3.8) is 0 Å². The number of rotatable bonds is 2. The molecule has 2 nitrogen and oxygen atoms in total. The normalized spacial score (nSPS) is 8.86. The van der Waals surface area contributed by atoms with Crippen LogP contribution in [0.1, 0.15) is 0 Å². The summed E-state index contributed by atoms with van der Waals surface area (Å²) in [5.74, 6) is 0. The van der Waals surface area contributed by atoms with E-state index in [1.807, 2.05) is 66.7 Å². The van der Waals surface area contributed by atoms with Gasteiger partial charge in [0.1, 0.15) is 0 Å². The first-order chi connectivity index (χ1) is 9.93. The summed E-state index contributed by atoms with van der Waals surface area (Å²) in [7, 11) is 0. The predicted molar refractivity (Wildman–Crippen MR) is 77.7 cm³/mol. The second-order valence-electron chi connectivity index (χ2n) is 3.96. The van der Waals surface area contributed by atoms with Crippen molar-refractivity contribution in [1.82, 2.24) is 4.98 Å². The van der Waals surface area contributed by atoms with Crippen molar-refractivity contribution in [1.29, 1.82) is 5.26 Å². The van der Waals surface area contributed by atoms with Crippen LogP contribution in [0.15, 0.2) is 66.7 Å². The van der Waals surface area contributed by atoms with E-state index in [2.05, 4.69) is 17.1 Å². The summed E-state index contributed by atoms with van der Waals surface area (Å²) in [5.41, 5.74) is 3.89. The average Bonchev–Trinajstić information content (AvgIpc) is 2.58. The van der Waals surface area contributed by atoms with Gasteiger partial charge in [-0.25, -0.2) is 0 Å². The summed E-state index contributed by atoms with van der Waals surface area (Å²) in [6.07, 6.45) is 0. The van der Waals surface area contributed by atoms with Crippen molar-refractivity contribution in [3.05, 3.63) is 85.4 Å². The summed E-state index contributed by atoms with van der Waals surface area (Å²) in [6, 6.07) is 28.1. The van der Waals surface area contributed by atoms with Gasteiger partial charge in [0.2, 0.25) is 0 Å². The molecular formula is C18H11N2Ni. The van der Waals surface area contributed by atoms with Gasteiger partial charge >= 0.3 is 16.5 Å². The molecule has 3 aromatic rings. The van der Waals surface area contributed by atoms with Gasteiger partial charge in [-0.15, -0.1) is 71.8 Å². The fraction of sp³-hybridized carbons (Fsp3) is 0. The summed E-state index contributed by atoms with van der Waals surface area (Å²) in [5, 5.41) is 6.25. The molecule has 0 amide bonds. The van der Waals surface area contributed by atoms with Crippen LogP contribution in [-0.2, 0) is 16.5 Å². The summed E-state index contributed by atoms with van der Waals surface area (Å²) in [4.78, 5) is 4.65. The van der Waals surface area contributed by atoms with E-state index >= 15 is 0 Å². The predicted octanol–water partition coefficient (Wildman–Crippen LogP) is 4.11. The maximum Gasteiger partial charge on any atom is 3.00 e. The Morgan fingerprint density at radius 3 is 1.57 bits per heavy atom. The molecule has 2 aromatic carbocycles. The second-order valence-corrected chi connectivity index (χ2v) is 3.96. The Labute approximate surface area is 135 Å². The molecule has 0 unspecified atom stereocenters. The molecule has 3 heteroatoms. The molecule has 0 aliphatic heterocycles. The first-order valence-corrected chi connectivity index (χ1v) is 6.07. The van der Waals surface area contributed by atoms with Crippen molar-refractivity contribution in [3.8, 4) is 22.5 Å². The molecule has 3 rings (SSSR count). The van der Waals surface area contributed by atoms with Gasteiger partial charge in [0.25, 0.3) is 0 Å². The molecule has 103 valence electrons. The van der Waals surface area contributed by atoms with Gasteiger partial charge in [0.05, 0.1) is 0 Å². The third-order valence-corrected chi connectivity index (χ3v) is 2.72. The van der Waals surface area contributed by atoms with Crippen LogP contribution in [0.3, 0.4) is 0 Å². The van der Waals surface area contributed by atoms with Crippen molar-refractivity contribution in [2.24, 2.45) is 0 Å². The minimum Gasteiger partial charge on any atom is -0.512 e. The van der Waals surface area contributed by atoms with Gasteiger partial charge in [0.15, 0.2) is 0 Å². The van der Waals surface area contributed by atoms with E-state index in [4.69, 9.17) is 11.8 Å². The Morgan fingerprint density at radius 1 is 0.714 bits per heavy atom. The van der Waals surface area contributed by atoms with Gasteiger partial charge in [-0.3, -0.25) is 0 Å². The van der Waals surface area contributed by atoms with E-state index in [1.54, 1.807) is 0 Å². The van der Waals surface area contributed by atoms with E-state index in [1.165, 1.54) is 0 Å². The van der Waals surface area contributed by atoms with Gasteiger partial charge in [0, 0.05) is 0 Å². The zero-order chi connectivity index (χ0) is 14.2. The number of hydrogen-bond donors (Lipinski definition) is 0. The molecule has 21 heavy (non-hydrogen) atoms. The molecule has 0 spiro atoms. The summed E-state index contributed by atoms with van der Waals surface area (Å²) < 4.78 is 0. The number of hydrogen-bond acceptors (Lipinski definition) is 2. The van der Waals surface area contributed by atoms with Crippen molar-refractivity contribution >= 4 is 0 Å². The SMILES string of the molecule is [C-]#N.[Ni+3].[c-]1ccccc1-c1cccc(-c2[c-]cccc2)n1. The van der Waals surface area contributed by atoms with Gasteiger partial charge in [-0.05, 0) is 11.4 Å². The molecule has 0 atom stereocenters. The van der Waals surface area contributed by atoms with E-state index in [0.717, 1.165) is 22.5 Å². The third kappa shape index (κ3) is 4.28. The number of benzene rings is 2. The fourth-order valence-corrected chi connectivity index (χ4v) is 1.84. The standard InChI is InChI=1S/C17H11N.CN.Ni/c1-3-8-14(9-4-1)16-12-7-13-17(18-16)15-10-5-2-6-11-15;1-2;/h1-8,10,12-13H;;/q-2;-1;+3. The van der Waals surface area contributed by atoms with Gasteiger partial charge in [-0.2, -0.15) is 0 Å². The average molecular weight is 314 g/mol. The minimum atomic E-state index is 0. The number of pyridine rings is 1. The molecule has 1 heterocycles. The Morgan fingerprint density at radius 2 is 1.19 bits per heavy atom. The Balaban J connectivity index is 0.000000706. The first kappa shape index (κ1) is 16.6. The summed E-state index contributed by atoms with van der Waals surface area (Å²) in [6.45, 7) is 4.75. The van der Waals surface area contributed by atoms with E-state index in [-0.39, 0.29) is 16.5 Å². The van der Waals surface area contributed by atoms with E-state index < -0.39 is 0 Å². The molecule has 0 aliphatic rings. The van der Waals surface area contributed by atoms with Crippen LogP contribution >= 0.6 is 0 Å². The minimum absolute atomic E-state index is 0. The van der Waals surface area contributed by atoms with Crippen LogP contribution in [0.4, 0.5) is 0 Å². The van der Waals surface area contributed by atoms with Crippen LogP contribution in [0.25, 0.3) is 22.5 Å². The van der Waals surface area contributed by atoms with E-state index in [9.17, 15) is 0 Å². The van der Waals surface area contributed by atoms with Crippen LogP contribution in [0, 0.1) is 24.0 Å². The molecule has 1 radical (unpaired) electrons. The zero-order valence-electron chi connectivity index (χ0n) is 11.1. The van der Waals surface area contributed by atoms with Crippen LogP contribution in [-0.4, -0.2) is 4.98 Å². The van der Waals surface area contributed by atoms with Crippen molar-refractivity contribution < 1.29 is 16.5 Å². The molecule has 0 saturated heterocycles. The Kier molecular flexibility index (Phi) is 6.88. The Hall–Kier alpha value is -2.43. The molecule has 0 aliphatic carbocycles. The number of aromatic nitrogens is 1. The molecule has 0 bridgehead atoms. The maximum atomic E-state index is 6.25. The van der Waals surface area contributed by atoms with Crippen LogP contribution in [0.2, 0.25) is 0 Å². The first-order valence-electron chi connectivity index (χ1n) is 6.07. The molecule has 0 N–H and O–H groups in total. The monoisotopic (exact) mass is 313 g/mol. The van der Waals surface area contributed by atoms with Gasteiger partial charge < -0.3 is 16.8 Å². The van der Waals surface area contributed by atoms with Gasteiger partial charge in [-0.1, -0.05) is 18.2 Å². The quantitative estimate of drug-likeness (QED) is 0.527. The van der Waals surface area contributed by atoms with E-state index in [0.29, 0.717) is 0 Å². The molecular weight excluding hydrogens is 303 g/mol. The second kappa shape index (κ2) is 8.69. The summed E-state index contributed by atoms with van der Waals surface area (Å²) >= 11 is 0.